The molecule has 0 spiro atoms. The number of likely N-dealkylation sites (tertiary alicyclic amines) is 1. The number of pyridine rings is 1. The van der Waals surface area contributed by atoms with Gasteiger partial charge in [-0.05, 0) is 61.4 Å². The van der Waals surface area contributed by atoms with Gasteiger partial charge in [-0.25, -0.2) is 9.37 Å². The topological polar surface area (TPSA) is 91.8 Å². The second-order valence-electron chi connectivity index (χ2n) is 8.43. The molecule has 1 unspecified atom stereocenters. The van der Waals surface area contributed by atoms with E-state index in [9.17, 15) is 19.1 Å². The van der Waals surface area contributed by atoms with E-state index in [1.165, 1.54) is 24.8 Å². The number of methoxy groups -OCH3 is 1. The van der Waals surface area contributed by atoms with Gasteiger partial charge in [0, 0.05) is 18.8 Å². The summed E-state index contributed by atoms with van der Waals surface area (Å²) in [5.74, 6) is -0.756. The number of halogens is 1. The van der Waals surface area contributed by atoms with Gasteiger partial charge in [-0.15, -0.1) is 0 Å². The highest BCUT2D eigenvalue weighted by Gasteiger charge is 2.41. The lowest BCUT2D eigenvalue weighted by molar-refractivity contribution is -0.154. The number of hydrogen-bond acceptors (Lipinski definition) is 5. The number of nitrogens with one attached hydrogen (secondary N) is 1. The minimum atomic E-state index is -1.03. The molecule has 0 aliphatic carbocycles. The molecule has 1 saturated heterocycles. The van der Waals surface area contributed by atoms with E-state index < -0.39 is 17.8 Å². The van der Waals surface area contributed by atoms with E-state index in [2.05, 4.69) is 17.4 Å². The lowest BCUT2D eigenvalue weighted by Gasteiger charge is -2.43. The van der Waals surface area contributed by atoms with Gasteiger partial charge in [-0.3, -0.25) is 9.59 Å². The lowest BCUT2D eigenvalue weighted by atomic mass is 9.88. The predicted molar refractivity (Wildman–Crippen MR) is 117 cm³/mol. The first-order chi connectivity index (χ1) is 15.5. The molecule has 0 bridgehead atoms. The number of aromatic nitrogens is 1. The number of rotatable bonds is 9. The summed E-state index contributed by atoms with van der Waals surface area (Å²) in [6.07, 6.45) is 4.25. The Hall–Kier alpha value is -3.16. The van der Waals surface area contributed by atoms with Crippen molar-refractivity contribution in [2.24, 2.45) is 5.92 Å². The van der Waals surface area contributed by atoms with Crippen LogP contribution in [0.4, 0.5) is 10.2 Å². The van der Waals surface area contributed by atoms with Crippen LogP contribution in [0.2, 0.25) is 0 Å². The monoisotopic (exact) mass is 441 g/mol. The van der Waals surface area contributed by atoms with Gasteiger partial charge < -0.3 is 20.1 Å². The quantitative estimate of drug-likeness (QED) is 0.578. The number of nitrogens with zero attached hydrogens (tertiary/aromatic N) is 2. The van der Waals surface area contributed by atoms with Gasteiger partial charge in [0.1, 0.15) is 5.82 Å². The zero-order valence-electron chi connectivity index (χ0n) is 18.1. The lowest BCUT2D eigenvalue weighted by Crippen LogP contribution is -2.54. The summed E-state index contributed by atoms with van der Waals surface area (Å²) in [5, 5.41) is 12.7. The number of anilines is 1. The van der Waals surface area contributed by atoms with E-state index in [-0.39, 0.29) is 24.0 Å². The molecule has 2 atom stereocenters. The Kier molecular flexibility index (Phi) is 6.58. The van der Waals surface area contributed by atoms with Crippen LogP contribution in [0.25, 0.3) is 0 Å². The van der Waals surface area contributed by atoms with Crippen LogP contribution in [0.1, 0.15) is 48.5 Å². The van der Waals surface area contributed by atoms with Crippen molar-refractivity contribution in [1.82, 2.24) is 9.88 Å². The molecule has 2 aliphatic heterocycles. The molecule has 8 heteroatoms. The third-order valence-electron chi connectivity index (χ3n) is 6.29. The Morgan fingerprint density at radius 1 is 1.38 bits per heavy atom. The molecule has 3 heterocycles. The summed E-state index contributed by atoms with van der Waals surface area (Å²) in [4.78, 5) is 30.4. The molecular formula is C24H28FN3O4. The Bertz CT molecular complexity index is 1010. The number of fused-ring (bicyclic) bond motifs is 1. The van der Waals surface area contributed by atoms with E-state index in [0.717, 1.165) is 50.2 Å². The van der Waals surface area contributed by atoms with Gasteiger partial charge in [0.2, 0.25) is 5.91 Å². The minimum Gasteiger partial charge on any atom is -0.494 e. The number of carbonyl (C=O) groups is 2. The summed E-state index contributed by atoms with van der Waals surface area (Å²) in [6, 6.07) is 7.83. The third-order valence-corrected chi connectivity index (χ3v) is 6.29. The zero-order valence-corrected chi connectivity index (χ0v) is 18.1. The van der Waals surface area contributed by atoms with E-state index >= 15 is 0 Å². The molecule has 170 valence electrons. The molecule has 0 radical (unpaired) electrons. The van der Waals surface area contributed by atoms with Crippen LogP contribution in [0.3, 0.4) is 0 Å². The fraction of sp³-hybridized carbons (Fsp3) is 0.458. The highest BCUT2D eigenvalue weighted by molar-refractivity contribution is 5.85. The molecule has 1 aromatic carbocycles. The molecule has 4 rings (SSSR count). The molecule has 0 saturated carbocycles. The standard InChI is InChI=1S/C24H28FN3O4/c1-32-21-10-8-16(12-19(21)25)20(13-22(29)30)28-14-17(24(28)31)4-2-6-18-9-7-15-5-3-11-26-23(15)27-18/h7-10,12,17,20H,2-6,11,13-14H2,1H3,(H,26,27)(H,29,30)/t17-,20?/m0/s1. The molecular weight excluding hydrogens is 413 g/mol. The maximum absolute atomic E-state index is 14.2. The molecule has 2 aliphatic rings. The smallest absolute Gasteiger partial charge is 0.305 e. The van der Waals surface area contributed by atoms with Crippen LogP contribution in [-0.4, -0.2) is 47.1 Å². The number of aryl methyl sites for hydroxylation is 2. The van der Waals surface area contributed by atoms with Crippen molar-refractivity contribution >= 4 is 17.7 Å². The maximum atomic E-state index is 14.2. The van der Waals surface area contributed by atoms with E-state index in [1.807, 2.05) is 0 Å². The maximum Gasteiger partial charge on any atom is 0.305 e. The predicted octanol–water partition coefficient (Wildman–Crippen LogP) is 3.58. The Morgan fingerprint density at radius 3 is 2.94 bits per heavy atom. The van der Waals surface area contributed by atoms with Gasteiger partial charge >= 0.3 is 5.97 Å². The van der Waals surface area contributed by atoms with Crippen molar-refractivity contribution in [2.45, 2.75) is 44.6 Å². The summed E-state index contributed by atoms with van der Waals surface area (Å²) < 4.78 is 19.1. The largest absolute Gasteiger partial charge is 0.494 e. The summed E-state index contributed by atoms with van der Waals surface area (Å²) in [5.41, 5.74) is 2.73. The van der Waals surface area contributed by atoms with Crippen molar-refractivity contribution in [1.29, 1.82) is 0 Å². The molecule has 7 nitrogen and oxygen atoms in total. The van der Waals surface area contributed by atoms with Gasteiger partial charge in [0.25, 0.3) is 0 Å². The molecule has 2 aromatic rings. The molecule has 1 fully saturated rings. The van der Waals surface area contributed by atoms with Crippen LogP contribution in [0, 0.1) is 11.7 Å². The molecule has 1 aromatic heterocycles. The van der Waals surface area contributed by atoms with Gasteiger partial charge in [-0.1, -0.05) is 12.1 Å². The number of amides is 1. The number of aliphatic carboxylic acids is 1. The second-order valence-corrected chi connectivity index (χ2v) is 8.43. The summed E-state index contributed by atoms with van der Waals surface area (Å²) in [7, 11) is 1.37. The molecule has 1 amide bonds. The van der Waals surface area contributed by atoms with Crippen molar-refractivity contribution in [3.63, 3.8) is 0 Å². The number of carboxylic acids is 1. The Labute approximate surface area is 186 Å². The van der Waals surface area contributed by atoms with Crippen LogP contribution < -0.4 is 10.1 Å². The average Bonchev–Trinajstić information content (AvgIpc) is 2.79. The summed E-state index contributed by atoms with van der Waals surface area (Å²) >= 11 is 0. The van der Waals surface area contributed by atoms with E-state index in [4.69, 9.17) is 9.72 Å². The first-order valence-electron chi connectivity index (χ1n) is 11.0. The summed E-state index contributed by atoms with van der Waals surface area (Å²) in [6.45, 7) is 1.43. The van der Waals surface area contributed by atoms with Gasteiger partial charge in [-0.2, -0.15) is 0 Å². The number of β-lactam (4-membered cyclic amide) rings is 1. The van der Waals surface area contributed by atoms with Gasteiger partial charge in [0.15, 0.2) is 11.6 Å². The van der Waals surface area contributed by atoms with Crippen LogP contribution >= 0.6 is 0 Å². The Balaban J connectivity index is 1.34. The van der Waals surface area contributed by atoms with Crippen molar-refractivity contribution in [2.75, 3.05) is 25.5 Å². The number of ether oxygens (including phenoxy) is 1. The van der Waals surface area contributed by atoms with Crippen molar-refractivity contribution in [3.8, 4) is 5.75 Å². The Morgan fingerprint density at radius 2 is 2.22 bits per heavy atom. The first-order valence-corrected chi connectivity index (χ1v) is 11.0. The SMILES string of the molecule is COc1ccc(C(CC(=O)O)N2C[C@H](CCCc3ccc4c(n3)NCCC4)C2=O)cc1F. The number of benzene rings is 1. The normalized spacial score (nSPS) is 18.4. The van der Waals surface area contributed by atoms with E-state index in [1.54, 1.807) is 11.0 Å². The highest BCUT2D eigenvalue weighted by Crippen LogP contribution is 2.36. The number of hydrogen-bond donors (Lipinski definition) is 2. The van der Waals surface area contributed by atoms with Crippen LogP contribution in [0.5, 0.6) is 5.75 Å². The average molecular weight is 442 g/mol. The van der Waals surface area contributed by atoms with Crippen LogP contribution in [0.15, 0.2) is 30.3 Å². The number of carbonyl (C=O) groups excluding carboxylic acids is 1. The fourth-order valence-electron chi connectivity index (χ4n) is 4.52. The first kappa shape index (κ1) is 22.0. The van der Waals surface area contributed by atoms with Crippen molar-refractivity contribution in [3.05, 3.63) is 53.0 Å². The molecule has 2 N–H and O–H groups in total. The zero-order chi connectivity index (χ0) is 22.7. The van der Waals surface area contributed by atoms with Crippen molar-refractivity contribution < 1.29 is 23.8 Å². The van der Waals surface area contributed by atoms with Crippen LogP contribution in [-0.2, 0) is 22.4 Å². The third kappa shape index (κ3) is 4.69. The number of carboxylic acid groups (broad SMARTS) is 1. The van der Waals surface area contributed by atoms with E-state index in [0.29, 0.717) is 12.1 Å². The second kappa shape index (κ2) is 9.54. The fourth-order valence-corrected chi connectivity index (χ4v) is 4.52. The molecule has 32 heavy (non-hydrogen) atoms. The highest BCUT2D eigenvalue weighted by atomic mass is 19.1. The van der Waals surface area contributed by atoms with Gasteiger partial charge in [0.05, 0.1) is 25.5 Å². The minimum absolute atomic E-state index is 0.0763.